The normalized spacial score (nSPS) is 24.0. The smallest absolute Gasteiger partial charge is 0.246 e. The van der Waals surface area contributed by atoms with Crippen LogP contribution in [-0.4, -0.2) is 60.6 Å². The lowest BCUT2D eigenvalue weighted by Gasteiger charge is -2.31. The Hall–Kier alpha value is -1.16. The largest absolute Gasteiger partial charge is 0.354 e. The maximum Gasteiger partial charge on any atom is 0.246 e. The fourth-order valence-electron chi connectivity index (χ4n) is 3.57. The molecule has 2 fully saturated rings. The Balaban J connectivity index is 0.00000261. The first-order valence-electron chi connectivity index (χ1n) is 9.43. The molecule has 0 radical (unpaired) electrons. The van der Waals surface area contributed by atoms with Crippen LogP contribution >= 0.6 is 12.4 Å². The molecule has 1 amide bonds. The molecular weight excluding hydrogens is 390 g/mol. The standard InChI is InChI=1S/C17H29N5O3S.ClH/c1-13(2)22-12-15(10-20-22)26(24,25)21-8-4-5-14(11-21)9-19-17(23)16-6-3-7-18-16;/h10,12-14,16,18H,3-9,11H2,1-2H3,(H,19,23);1H. The van der Waals surface area contributed by atoms with Crippen molar-refractivity contribution in [3.05, 3.63) is 12.4 Å². The summed E-state index contributed by atoms with van der Waals surface area (Å²) in [6.07, 6.45) is 6.65. The van der Waals surface area contributed by atoms with Crippen LogP contribution in [0.1, 0.15) is 45.6 Å². The maximum absolute atomic E-state index is 12.9. The zero-order valence-corrected chi connectivity index (χ0v) is 17.6. The molecule has 1 aromatic rings. The van der Waals surface area contributed by atoms with Gasteiger partial charge in [0.2, 0.25) is 15.9 Å². The van der Waals surface area contributed by atoms with Crippen LogP contribution in [0.25, 0.3) is 0 Å². The molecule has 2 unspecified atom stereocenters. The fraction of sp³-hybridized carbons (Fsp3) is 0.765. The number of aromatic nitrogens is 2. The van der Waals surface area contributed by atoms with Crippen molar-refractivity contribution in [1.82, 2.24) is 24.7 Å². The van der Waals surface area contributed by atoms with E-state index < -0.39 is 10.0 Å². The molecule has 3 rings (SSSR count). The first-order valence-corrected chi connectivity index (χ1v) is 10.9. The molecule has 3 heterocycles. The molecule has 8 nitrogen and oxygen atoms in total. The number of hydrogen-bond donors (Lipinski definition) is 2. The van der Waals surface area contributed by atoms with E-state index in [4.69, 9.17) is 0 Å². The number of carbonyl (C=O) groups is 1. The van der Waals surface area contributed by atoms with Crippen molar-refractivity contribution in [3.8, 4) is 0 Å². The van der Waals surface area contributed by atoms with E-state index in [1.807, 2.05) is 13.8 Å². The highest BCUT2D eigenvalue weighted by Crippen LogP contribution is 2.24. The highest BCUT2D eigenvalue weighted by molar-refractivity contribution is 7.89. The third kappa shape index (κ3) is 5.22. The van der Waals surface area contributed by atoms with Gasteiger partial charge in [-0.2, -0.15) is 9.40 Å². The van der Waals surface area contributed by atoms with Crippen molar-refractivity contribution >= 4 is 28.3 Å². The minimum atomic E-state index is -3.54. The Morgan fingerprint density at radius 3 is 2.78 bits per heavy atom. The van der Waals surface area contributed by atoms with E-state index in [1.165, 1.54) is 10.5 Å². The average molecular weight is 420 g/mol. The lowest BCUT2D eigenvalue weighted by molar-refractivity contribution is -0.123. The number of amides is 1. The minimum Gasteiger partial charge on any atom is -0.354 e. The molecule has 0 spiro atoms. The zero-order valence-electron chi connectivity index (χ0n) is 15.9. The second kappa shape index (κ2) is 9.36. The van der Waals surface area contributed by atoms with Crippen molar-refractivity contribution in [2.75, 3.05) is 26.2 Å². The molecule has 2 atom stereocenters. The van der Waals surface area contributed by atoms with Crippen molar-refractivity contribution in [2.45, 2.75) is 56.5 Å². The monoisotopic (exact) mass is 419 g/mol. The van der Waals surface area contributed by atoms with Crippen molar-refractivity contribution in [3.63, 3.8) is 0 Å². The molecule has 0 saturated carbocycles. The van der Waals surface area contributed by atoms with Gasteiger partial charge in [-0.1, -0.05) is 0 Å². The second-order valence-electron chi connectivity index (χ2n) is 7.52. The van der Waals surface area contributed by atoms with Crippen LogP contribution < -0.4 is 10.6 Å². The Morgan fingerprint density at radius 1 is 1.37 bits per heavy atom. The Bertz CT molecular complexity index is 731. The minimum absolute atomic E-state index is 0. The van der Waals surface area contributed by atoms with Gasteiger partial charge in [0.25, 0.3) is 0 Å². The van der Waals surface area contributed by atoms with Gasteiger partial charge < -0.3 is 10.6 Å². The van der Waals surface area contributed by atoms with Crippen molar-refractivity contribution in [1.29, 1.82) is 0 Å². The van der Waals surface area contributed by atoms with Crippen LogP contribution in [0.3, 0.4) is 0 Å². The number of piperidine rings is 1. The lowest BCUT2D eigenvalue weighted by atomic mass is 9.99. The lowest BCUT2D eigenvalue weighted by Crippen LogP contribution is -2.46. The first-order chi connectivity index (χ1) is 12.4. The molecule has 10 heteroatoms. The fourth-order valence-corrected chi connectivity index (χ4v) is 5.07. The highest BCUT2D eigenvalue weighted by Gasteiger charge is 2.32. The van der Waals surface area contributed by atoms with E-state index in [1.54, 1.807) is 10.9 Å². The Kier molecular flexibility index (Phi) is 7.67. The summed E-state index contributed by atoms with van der Waals surface area (Å²) >= 11 is 0. The van der Waals surface area contributed by atoms with Gasteiger partial charge in [-0.3, -0.25) is 9.48 Å². The van der Waals surface area contributed by atoms with Crippen LogP contribution in [0.5, 0.6) is 0 Å². The van der Waals surface area contributed by atoms with E-state index in [0.29, 0.717) is 19.6 Å². The van der Waals surface area contributed by atoms with Gasteiger partial charge in [0, 0.05) is 31.9 Å². The highest BCUT2D eigenvalue weighted by atomic mass is 35.5. The predicted molar refractivity (Wildman–Crippen MR) is 105 cm³/mol. The van der Waals surface area contributed by atoms with Crippen molar-refractivity contribution < 1.29 is 13.2 Å². The van der Waals surface area contributed by atoms with Crippen LogP contribution in [0.4, 0.5) is 0 Å². The Morgan fingerprint density at radius 2 is 2.15 bits per heavy atom. The predicted octanol–water partition coefficient (Wildman–Crippen LogP) is 1.15. The van der Waals surface area contributed by atoms with E-state index in [2.05, 4.69) is 15.7 Å². The molecule has 1 aromatic heterocycles. The van der Waals surface area contributed by atoms with E-state index >= 15 is 0 Å². The summed E-state index contributed by atoms with van der Waals surface area (Å²) in [6, 6.07) is 0.0211. The second-order valence-corrected chi connectivity index (χ2v) is 9.45. The Labute approximate surface area is 167 Å². The summed E-state index contributed by atoms with van der Waals surface area (Å²) in [5, 5.41) is 10.3. The number of nitrogens with one attached hydrogen (secondary N) is 2. The number of sulfonamides is 1. The van der Waals surface area contributed by atoms with Crippen LogP contribution in [0, 0.1) is 5.92 Å². The number of carbonyl (C=O) groups excluding carboxylic acids is 1. The molecule has 2 N–H and O–H groups in total. The third-order valence-electron chi connectivity index (χ3n) is 5.17. The van der Waals surface area contributed by atoms with E-state index in [-0.39, 0.29) is 41.2 Å². The van der Waals surface area contributed by atoms with E-state index in [0.717, 1.165) is 32.2 Å². The molecule has 27 heavy (non-hydrogen) atoms. The third-order valence-corrected chi connectivity index (χ3v) is 6.99. The topological polar surface area (TPSA) is 96.3 Å². The molecule has 0 aliphatic carbocycles. The summed E-state index contributed by atoms with van der Waals surface area (Å²) in [5.74, 6) is 0.171. The van der Waals surface area contributed by atoms with Gasteiger partial charge in [-0.15, -0.1) is 12.4 Å². The van der Waals surface area contributed by atoms with Gasteiger partial charge >= 0.3 is 0 Å². The van der Waals surface area contributed by atoms with Crippen LogP contribution in [-0.2, 0) is 14.8 Å². The zero-order chi connectivity index (χ0) is 18.7. The number of halogens is 1. The molecule has 2 aliphatic heterocycles. The van der Waals surface area contributed by atoms with Crippen LogP contribution in [0.2, 0.25) is 0 Å². The van der Waals surface area contributed by atoms with Gasteiger partial charge in [0.15, 0.2) is 0 Å². The molecular formula is C17H30ClN5O3S. The SMILES string of the molecule is CC(C)n1cc(S(=O)(=O)N2CCCC(CNC(=O)C3CCCN3)C2)cn1.Cl. The molecule has 2 saturated heterocycles. The summed E-state index contributed by atoms with van der Waals surface area (Å²) in [7, 11) is -3.54. The summed E-state index contributed by atoms with van der Waals surface area (Å²) in [5.41, 5.74) is 0. The first kappa shape index (κ1) is 22.1. The summed E-state index contributed by atoms with van der Waals surface area (Å²) < 4.78 is 29.0. The summed E-state index contributed by atoms with van der Waals surface area (Å²) in [4.78, 5) is 12.4. The molecule has 154 valence electrons. The molecule has 2 aliphatic rings. The number of hydrogen-bond acceptors (Lipinski definition) is 5. The number of rotatable bonds is 6. The van der Waals surface area contributed by atoms with Gasteiger partial charge in [0.05, 0.1) is 12.2 Å². The maximum atomic E-state index is 12.9. The number of nitrogens with zero attached hydrogens (tertiary/aromatic N) is 3. The van der Waals surface area contributed by atoms with Crippen LogP contribution in [0.15, 0.2) is 17.3 Å². The van der Waals surface area contributed by atoms with Gasteiger partial charge in [-0.05, 0) is 52.0 Å². The molecule has 0 aromatic carbocycles. The van der Waals surface area contributed by atoms with Gasteiger partial charge in [0.1, 0.15) is 4.90 Å². The van der Waals surface area contributed by atoms with Gasteiger partial charge in [-0.25, -0.2) is 8.42 Å². The quantitative estimate of drug-likeness (QED) is 0.721. The van der Waals surface area contributed by atoms with E-state index in [9.17, 15) is 13.2 Å². The van der Waals surface area contributed by atoms with Crippen molar-refractivity contribution in [2.24, 2.45) is 5.92 Å². The molecule has 0 bridgehead atoms. The summed E-state index contributed by atoms with van der Waals surface area (Å²) in [6.45, 7) is 6.29. The average Bonchev–Trinajstić information content (AvgIpc) is 3.31.